The van der Waals surface area contributed by atoms with Gasteiger partial charge in [-0.2, -0.15) is 5.10 Å². The maximum absolute atomic E-state index is 4.64. The smallest absolute Gasteiger partial charge is 0.153 e. The zero-order valence-corrected chi connectivity index (χ0v) is 12.8. The van der Waals surface area contributed by atoms with Crippen molar-refractivity contribution < 1.29 is 0 Å². The highest BCUT2D eigenvalue weighted by Gasteiger charge is 2.09. The third-order valence-corrected chi connectivity index (χ3v) is 3.30. The van der Waals surface area contributed by atoms with Gasteiger partial charge in [0, 0.05) is 24.5 Å². The molecule has 0 aliphatic rings. The zero-order valence-electron chi connectivity index (χ0n) is 12.8. The predicted octanol–water partition coefficient (Wildman–Crippen LogP) is 2.89. The van der Waals surface area contributed by atoms with Gasteiger partial charge in [-0.15, -0.1) is 0 Å². The lowest BCUT2D eigenvalue weighted by Crippen LogP contribution is -2.22. The van der Waals surface area contributed by atoms with Gasteiger partial charge in [-0.3, -0.25) is 0 Å². The maximum Gasteiger partial charge on any atom is 0.153 e. The first-order valence-corrected chi connectivity index (χ1v) is 7.40. The molecule has 108 valence electrons. The Morgan fingerprint density at radius 3 is 2.65 bits per heavy atom. The van der Waals surface area contributed by atoms with E-state index in [9.17, 15) is 0 Å². The quantitative estimate of drug-likeness (QED) is 0.879. The lowest BCUT2D eigenvalue weighted by molar-refractivity contribution is 0.588. The van der Waals surface area contributed by atoms with Gasteiger partial charge in [0.1, 0.15) is 0 Å². The molecule has 0 bridgehead atoms. The number of hydrogen-bond acceptors (Lipinski definition) is 3. The number of nitrogens with zero attached hydrogens (tertiary/aromatic N) is 3. The molecule has 0 spiro atoms. The lowest BCUT2D eigenvalue weighted by Gasteiger charge is -2.10. The van der Waals surface area contributed by atoms with Crippen molar-refractivity contribution in [1.82, 2.24) is 20.1 Å². The van der Waals surface area contributed by atoms with E-state index >= 15 is 0 Å². The van der Waals surface area contributed by atoms with Crippen molar-refractivity contribution in [3.05, 3.63) is 41.3 Å². The third kappa shape index (κ3) is 3.45. The second-order valence-corrected chi connectivity index (χ2v) is 5.30. The molecule has 0 radical (unpaired) electrons. The van der Waals surface area contributed by atoms with Crippen LogP contribution in [0.5, 0.6) is 0 Å². The van der Waals surface area contributed by atoms with Crippen LogP contribution in [-0.4, -0.2) is 20.8 Å². The van der Waals surface area contributed by atoms with Crippen LogP contribution in [0.25, 0.3) is 5.82 Å². The van der Waals surface area contributed by atoms with Crippen LogP contribution in [0.4, 0.5) is 0 Å². The average molecular weight is 272 g/mol. The van der Waals surface area contributed by atoms with Crippen molar-refractivity contribution in [3.63, 3.8) is 0 Å². The highest BCUT2D eigenvalue weighted by atomic mass is 15.3. The summed E-state index contributed by atoms with van der Waals surface area (Å²) in [6, 6.07) is 6.81. The highest BCUT2D eigenvalue weighted by Crippen LogP contribution is 2.13. The summed E-state index contributed by atoms with van der Waals surface area (Å²) in [7, 11) is 0. The van der Waals surface area contributed by atoms with E-state index in [1.54, 1.807) is 0 Å². The van der Waals surface area contributed by atoms with E-state index in [0.717, 1.165) is 30.9 Å². The van der Waals surface area contributed by atoms with Gasteiger partial charge in [0.25, 0.3) is 0 Å². The first-order valence-electron chi connectivity index (χ1n) is 7.40. The molecule has 1 N–H and O–H groups in total. The van der Waals surface area contributed by atoms with Crippen molar-refractivity contribution in [3.8, 4) is 5.82 Å². The molecule has 0 atom stereocenters. The molecule has 2 heterocycles. The lowest BCUT2D eigenvalue weighted by atomic mass is 10.2. The summed E-state index contributed by atoms with van der Waals surface area (Å²) in [4.78, 5) is 4.47. The van der Waals surface area contributed by atoms with Crippen molar-refractivity contribution in [2.75, 3.05) is 0 Å². The third-order valence-electron chi connectivity index (χ3n) is 3.30. The number of hydrogen-bond donors (Lipinski definition) is 1. The van der Waals surface area contributed by atoms with Crippen LogP contribution in [0.2, 0.25) is 0 Å². The van der Waals surface area contributed by atoms with Gasteiger partial charge >= 0.3 is 0 Å². The van der Waals surface area contributed by atoms with Gasteiger partial charge < -0.3 is 5.32 Å². The molecule has 2 aromatic rings. The fourth-order valence-corrected chi connectivity index (χ4v) is 2.11. The minimum atomic E-state index is 0.481. The Hall–Kier alpha value is -1.68. The van der Waals surface area contributed by atoms with Gasteiger partial charge in [0.2, 0.25) is 0 Å². The minimum absolute atomic E-state index is 0.481. The molecule has 0 saturated heterocycles. The predicted molar refractivity (Wildman–Crippen MR) is 82.1 cm³/mol. The summed E-state index contributed by atoms with van der Waals surface area (Å²) < 4.78 is 1.97. The van der Waals surface area contributed by atoms with Crippen LogP contribution in [0.15, 0.2) is 24.4 Å². The molecule has 0 saturated carbocycles. The SMILES string of the molecule is CCc1cc(CC)n(-c2cc(CNC(C)C)ccn2)n1. The normalized spacial score (nSPS) is 11.2. The zero-order chi connectivity index (χ0) is 14.5. The number of aryl methyl sites for hydroxylation is 2. The molecule has 0 amide bonds. The van der Waals surface area contributed by atoms with E-state index in [1.165, 1.54) is 11.3 Å². The fourth-order valence-electron chi connectivity index (χ4n) is 2.11. The Kier molecular flexibility index (Phi) is 4.90. The minimum Gasteiger partial charge on any atom is -0.310 e. The first kappa shape index (κ1) is 14.7. The Labute approximate surface area is 121 Å². The summed E-state index contributed by atoms with van der Waals surface area (Å²) in [5.74, 6) is 0.907. The molecule has 2 aromatic heterocycles. The van der Waals surface area contributed by atoms with Crippen molar-refractivity contribution in [2.24, 2.45) is 0 Å². The molecule has 4 heteroatoms. The summed E-state index contributed by atoms with van der Waals surface area (Å²) in [5.41, 5.74) is 3.57. The highest BCUT2D eigenvalue weighted by molar-refractivity contribution is 5.30. The monoisotopic (exact) mass is 272 g/mol. The summed E-state index contributed by atoms with van der Waals surface area (Å²) in [6.45, 7) is 9.44. The number of nitrogens with one attached hydrogen (secondary N) is 1. The number of aromatic nitrogens is 3. The maximum atomic E-state index is 4.64. The second-order valence-electron chi connectivity index (χ2n) is 5.30. The molecular weight excluding hydrogens is 248 g/mol. The summed E-state index contributed by atoms with van der Waals surface area (Å²) >= 11 is 0. The van der Waals surface area contributed by atoms with Crippen LogP contribution < -0.4 is 5.32 Å². The van der Waals surface area contributed by atoms with Crippen LogP contribution in [0, 0.1) is 0 Å². The summed E-state index contributed by atoms with van der Waals surface area (Å²) in [6.07, 6.45) is 3.77. The van der Waals surface area contributed by atoms with E-state index in [4.69, 9.17) is 0 Å². The van der Waals surface area contributed by atoms with E-state index in [-0.39, 0.29) is 0 Å². The van der Waals surface area contributed by atoms with Gasteiger partial charge in [-0.05, 0) is 36.6 Å². The molecule has 0 aromatic carbocycles. The van der Waals surface area contributed by atoms with Crippen molar-refractivity contribution >= 4 is 0 Å². The van der Waals surface area contributed by atoms with Crippen molar-refractivity contribution in [1.29, 1.82) is 0 Å². The van der Waals surface area contributed by atoms with E-state index in [0.29, 0.717) is 6.04 Å². The van der Waals surface area contributed by atoms with Crippen molar-refractivity contribution in [2.45, 2.75) is 53.1 Å². The Bertz CT molecular complexity index is 557. The van der Waals surface area contributed by atoms with E-state index in [2.05, 4.69) is 61.3 Å². The standard InChI is InChI=1S/C16H24N4/c1-5-14-10-15(6-2)20(19-14)16-9-13(7-8-17-16)11-18-12(3)4/h7-10,12,18H,5-6,11H2,1-4H3. The molecule has 2 rings (SSSR count). The molecule has 0 aliphatic heterocycles. The topological polar surface area (TPSA) is 42.7 Å². The Morgan fingerprint density at radius 1 is 1.20 bits per heavy atom. The molecule has 0 fully saturated rings. The number of pyridine rings is 1. The molecule has 0 unspecified atom stereocenters. The molecule has 4 nitrogen and oxygen atoms in total. The van der Waals surface area contributed by atoms with Crippen LogP contribution in [0.1, 0.15) is 44.6 Å². The Balaban J connectivity index is 2.28. The Morgan fingerprint density at radius 2 is 2.00 bits per heavy atom. The second kappa shape index (κ2) is 6.66. The van der Waals surface area contributed by atoms with Gasteiger partial charge in [-0.1, -0.05) is 27.7 Å². The molecule has 20 heavy (non-hydrogen) atoms. The fraction of sp³-hybridized carbons (Fsp3) is 0.500. The molecule has 0 aliphatic carbocycles. The van der Waals surface area contributed by atoms with Crippen LogP contribution in [0.3, 0.4) is 0 Å². The van der Waals surface area contributed by atoms with Gasteiger partial charge in [-0.25, -0.2) is 9.67 Å². The molecular formula is C16H24N4. The number of rotatable bonds is 6. The van der Waals surface area contributed by atoms with Gasteiger partial charge in [0.15, 0.2) is 5.82 Å². The van der Waals surface area contributed by atoms with Crippen LogP contribution >= 0.6 is 0 Å². The first-order chi connectivity index (χ1) is 9.63. The van der Waals surface area contributed by atoms with Crippen LogP contribution in [-0.2, 0) is 19.4 Å². The average Bonchev–Trinajstić information content (AvgIpc) is 2.89. The van der Waals surface area contributed by atoms with Gasteiger partial charge in [0.05, 0.1) is 5.69 Å². The van der Waals surface area contributed by atoms with E-state index < -0.39 is 0 Å². The van der Waals surface area contributed by atoms with E-state index in [1.807, 2.05) is 10.9 Å². The summed E-state index contributed by atoms with van der Waals surface area (Å²) in [5, 5.41) is 8.07. The largest absolute Gasteiger partial charge is 0.310 e.